The van der Waals surface area contributed by atoms with Crippen molar-refractivity contribution in [3.8, 4) is 0 Å². The zero-order valence-corrected chi connectivity index (χ0v) is 15.3. The molecule has 2 heterocycles. The SMILES string of the molecule is Cc1cc(=O)n2nc(COC(=O)CCC(=O)c3ccc(Cl)cc3)sc2n1. The molecule has 134 valence electrons. The van der Waals surface area contributed by atoms with Gasteiger partial charge >= 0.3 is 5.97 Å². The van der Waals surface area contributed by atoms with Gasteiger partial charge in [0.25, 0.3) is 5.56 Å². The lowest BCUT2D eigenvalue weighted by atomic mass is 10.1. The molecule has 26 heavy (non-hydrogen) atoms. The molecule has 3 aromatic rings. The van der Waals surface area contributed by atoms with Gasteiger partial charge in [-0.25, -0.2) is 4.98 Å². The van der Waals surface area contributed by atoms with Crippen LogP contribution in [0.5, 0.6) is 0 Å². The molecule has 0 fully saturated rings. The number of aromatic nitrogens is 3. The molecule has 0 aliphatic rings. The van der Waals surface area contributed by atoms with Crippen LogP contribution in [-0.2, 0) is 16.1 Å². The molecule has 9 heteroatoms. The highest BCUT2D eigenvalue weighted by atomic mass is 35.5. The third-order valence-corrected chi connectivity index (χ3v) is 4.63. The number of ether oxygens (including phenoxy) is 1. The number of aryl methyl sites for hydroxylation is 1. The topological polar surface area (TPSA) is 90.6 Å². The Labute approximate surface area is 157 Å². The van der Waals surface area contributed by atoms with E-state index in [1.54, 1.807) is 31.2 Å². The molecular weight excluding hydrogens is 378 g/mol. The molecular formula is C17H14ClN3O4S. The zero-order chi connectivity index (χ0) is 18.7. The Bertz CT molecular complexity index is 1030. The lowest BCUT2D eigenvalue weighted by Gasteiger charge is -2.03. The number of carbonyl (C=O) groups is 2. The molecule has 3 rings (SSSR count). The Morgan fingerprint density at radius 3 is 2.69 bits per heavy atom. The van der Waals surface area contributed by atoms with E-state index in [9.17, 15) is 14.4 Å². The highest BCUT2D eigenvalue weighted by Crippen LogP contribution is 2.14. The summed E-state index contributed by atoms with van der Waals surface area (Å²) in [5.74, 6) is -0.673. The van der Waals surface area contributed by atoms with Crippen molar-refractivity contribution in [3.05, 3.63) is 62.0 Å². The Morgan fingerprint density at radius 2 is 1.96 bits per heavy atom. The number of hydrogen-bond donors (Lipinski definition) is 0. The summed E-state index contributed by atoms with van der Waals surface area (Å²) in [5.41, 5.74) is 0.812. The maximum Gasteiger partial charge on any atom is 0.306 e. The van der Waals surface area contributed by atoms with Gasteiger partial charge in [-0.1, -0.05) is 22.9 Å². The Morgan fingerprint density at radius 1 is 1.23 bits per heavy atom. The molecule has 0 amide bonds. The Hall–Kier alpha value is -2.58. The molecule has 0 aliphatic heterocycles. The predicted molar refractivity (Wildman–Crippen MR) is 96.7 cm³/mol. The number of rotatable bonds is 6. The monoisotopic (exact) mass is 391 g/mol. The second-order valence-electron chi connectivity index (χ2n) is 5.52. The summed E-state index contributed by atoms with van der Waals surface area (Å²) < 4.78 is 6.30. The zero-order valence-electron chi connectivity index (χ0n) is 13.8. The molecule has 7 nitrogen and oxygen atoms in total. The van der Waals surface area contributed by atoms with E-state index >= 15 is 0 Å². The van der Waals surface area contributed by atoms with E-state index in [1.807, 2.05) is 0 Å². The molecule has 0 unspecified atom stereocenters. The molecule has 2 aromatic heterocycles. The maximum absolute atomic E-state index is 12.0. The van der Waals surface area contributed by atoms with Gasteiger partial charge in [-0.15, -0.1) is 0 Å². The number of esters is 1. The largest absolute Gasteiger partial charge is 0.458 e. The van der Waals surface area contributed by atoms with Crippen molar-refractivity contribution in [1.82, 2.24) is 14.6 Å². The van der Waals surface area contributed by atoms with Crippen LogP contribution in [0, 0.1) is 6.92 Å². The molecule has 0 aliphatic carbocycles. The van der Waals surface area contributed by atoms with Crippen LogP contribution in [0.1, 0.15) is 33.9 Å². The van der Waals surface area contributed by atoms with Crippen LogP contribution in [0.3, 0.4) is 0 Å². The number of halogens is 1. The van der Waals surface area contributed by atoms with Crippen LogP contribution in [0.4, 0.5) is 0 Å². The van der Waals surface area contributed by atoms with Gasteiger partial charge in [0, 0.05) is 28.8 Å². The molecule has 0 spiro atoms. The average Bonchev–Trinajstić information content (AvgIpc) is 3.01. The van der Waals surface area contributed by atoms with E-state index in [2.05, 4.69) is 10.1 Å². The van der Waals surface area contributed by atoms with Crippen LogP contribution in [0.15, 0.2) is 35.1 Å². The van der Waals surface area contributed by atoms with Crippen molar-refractivity contribution >= 4 is 39.7 Å². The Balaban J connectivity index is 1.54. The molecule has 0 saturated carbocycles. The fraction of sp³-hybridized carbons (Fsp3) is 0.235. The minimum atomic E-state index is -0.511. The first-order chi connectivity index (χ1) is 12.4. The van der Waals surface area contributed by atoms with Gasteiger partial charge in [0.1, 0.15) is 6.61 Å². The van der Waals surface area contributed by atoms with Crippen LogP contribution in [0.25, 0.3) is 4.96 Å². The van der Waals surface area contributed by atoms with Crippen molar-refractivity contribution in [2.24, 2.45) is 0 Å². The summed E-state index contributed by atoms with van der Waals surface area (Å²) in [6.07, 6.45) is 0.00415. The van der Waals surface area contributed by atoms with E-state index in [-0.39, 0.29) is 30.8 Å². The molecule has 1 aromatic carbocycles. The highest BCUT2D eigenvalue weighted by molar-refractivity contribution is 7.16. The Kier molecular flexibility index (Phi) is 5.43. The number of hydrogen-bond acceptors (Lipinski definition) is 7. The third kappa shape index (κ3) is 4.33. The summed E-state index contributed by atoms with van der Waals surface area (Å²) in [7, 11) is 0. The van der Waals surface area contributed by atoms with Gasteiger partial charge in [-0.2, -0.15) is 9.61 Å². The van der Waals surface area contributed by atoms with E-state index < -0.39 is 5.97 Å². The molecule has 0 N–H and O–H groups in total. The first-order valence-electron chi connectivity index (χ1n) is 7.73. The lowest BCUT2D eigenvalue weighted by Crippen LogP contribution is -2.14. The molecule has 0 radical (unpaired) electrons. The van der Waals surface area contributed by atoms with Crippen LogP contribution in [-0.4, -0.2) is 26.4 Å². The van der Waals surface area contributed by atoms with E-state index in [4.69, 9.17) is 16.3 Å². The predicted octanol–water partition coefficient (Wildman–Crippen LogP) is 2.82. The first-order valence-corrected chi connectivity index (χ1v) is 8.92. The van der Waals surface area contributed by atoms with Crippen molar-refractivity contribution in [2.75, 3.05) is 0 Å². The van der Waals surface area contributed by atoms with Gasteiger partial charge in [0.2, 0.25) is 4.96 Å². The minimum absolute atomic E-state index is 0.0380. The quantitative estimate of drug-likeness (QED) is 0.474. The molecule has 0 bridgehead atoms. The van der Waals surface area contributed by atoms with Gasteiger partial charge < -0.3 is 4.74 Å². The van der Waals surface area contributed by atoms with Gasteiger partial charge in [-0.3, -0.25) is 14.4 Å². The van der Waals surface area contributed by atoms with Gasteiger partial charge in [0.05, 0.1) is 6.42 Å². The number of fused-ring (bicyclic) bond motifs is 1. The molecule has 0 atom stereocenters. The standard InChI is InChI=1S/C17H14ClN3O4S/c1-10-8-15(23)21-17(19-10)26-14(20-21)9-25-16(24)7-6-13(22)11-2-4-12(18)5-3-11/h2-5,8H,6-7,9H2,1H3. The summed E-state index contributed by atoms with van der Waals surface area (Å²) in [4.78, 5) is 40.3. The van der Waals surface area contributed by atoms with Crippen LogP contribution in [0.2, 0.25) is 5.02 Å². The average molecular weight is 392 g/mol. The van der Waals surface area contributed by atoms with Gasteiger partial charge in [-0.05, 0) is 31.2 Å². The molecule has 0 saturated heterocycles. The second-order valence-corrected chi connectivity index (χ2v) is 6.99. The summed E-state index contributed by atoms with van der Waals surface area (Å²) in [6.45, 7) is 1.65. The second kappa shape index (κ2) is 7.76. The number of Topliss-reactive ketones (excluding diaryl/α,β-unsaturated/α-hetero) is 1. The fourth-order valence-electron chi connectivity index (χ4n) is 2.23. The van der Waals surface area contributed by atoms with Crippen LogP contribution >= 0.6 is 22.9 Å². The smallest absolute Gasteiger partial charge is 0.306 e. The van der Waals surface area contributed by atoms with E-state index in [0.717, 1.165) is 0 Å². The van der Waals surface area contributed by atoms with Crippen molar-refractivity contribution in [1.29, 1.82) is 0 Å². The summed E-state index contributed by atoms with van der Waals surface area (Å²) in [5, 5.41) is 5.08. The number of nitrogens with zero attached hydrogens (tertiary/aromatic N) is 3. The number of carbonyl (C=O) groups excluding carboxylic acids is 2. The summed E-state index contributed by atoms with van der Waals surface area (Å²) >= 11 is 6.95. The van der Waals surface area contributed by atoms with Crippen molar-refractivity contribution < 1.29 is 14.3 Å². The van der Waals surface area contributed by atoms with E-state index in [0.29, 0.717) is 26.2 Å². The number of benzene rings is 1. The van der Waals surface area contributed by atoms with E-state index in [1.165, 1.54) is 21.9 Å². The third-order valence-electron chi connectivity index (χ3n) is 3.49. The normalized spacial score (nSPS) is 10.8. The minimum Gasteiger partial charge on any atom is -0.458 e. The summed E-state index contributed by atoms with van der Waals surface area (Å²) in [6, 6.07) is 7.86. The van der Waals surface area contributed by atoms with Gasteiger partial charge in [0.15, 0.2) is 10.8 Å². The number of ketones is 1. The van der Waals surface area contributed by atoms with Crippen molar-refractivity contribution in [2.45, 2.75) is 26.4 Å². The lowest BCUT2D eigenvalue weighted by molar-refractivity contribution is -0.144. The maximum atomic E-state index is 12.0. The van der Waals surface area contributed by atoms with Crippen molar-refractivity contribution in [3.63, 3.8) is 0 Å². The highest BCUT2D eigenvalue weighted by Gasteiger charge is 2.13. The van der Waals surface area contributed by atoms with Crippen LogP contribution < -0.4 is 5.56 Å². The first kappa shape index (κ1) is 18.2. The fourth-order valence-corrected chi connectivity index (χ4v) is 3.21.